The van der Waals surface area contributed by atoms with Crippen molar-refractivity contribution in [2.45, 2.75) is 13.3 Å². The van der Waals surface area contributed by atoms with Crippen LogP contribution in [0.15, 0.2) is 42.6 Å². The quantitative estimate of drug-likeness (QED) is 0.555. The Morgan fingerprint density at radius 1 is 1.09 bits per heavy atom. The van der Waals surface area contributed by atoms with E-state index >= 15 is 0 Å². The normalized spacial score (nSPS) is 10.6. The number of carbonyl (C=O) groups is 2. The van der Waals surface area contributed by atoms with Crippen molar-refractivity contribution in [2.24, 2.45) is 0 Å². The second-order valence-electron chi connectivity index (χ2n) is 5.04. The molecule has 3 aromatic rings. The van der Waals surface area contributed by atoms with Crippen molar-refractivity contribution in [3.05, 3.63) is 59.5 Å². The largest absolute Gasteiger partial charge is 0.358 e. The van der Waals surface area contributed by atoms with Gasteiger partial charge in [-0.3, -0.25) is 20.4 Å². The lowest BCUT2D eigenvalue weighted by atomic mass is 10.1. The highest BCUT2D eigenvalue weighted by molar-refractivity contribution is 5.95. The third-order valence-electron chi connectivity index (χ3n) is 3.52. The van der Waals surface area contributed by atoms with E-state index < -0.39 is 0 Å². The van der Waals surface area contributed by atoms with Gasteiger partial charge < -0.3 is 9.97 Å². The minimum atomic E-state index is -0.381. The number of aryl methyl sites for hydroxylation is 1. The van der Waals surface area contributed by atoms with Gasteiger partial charge >= 0.3 is 0 Å². The van der Waals surface area contributed by atoms with Gasteiger partial charge in [-0.15, -0.1) is 0 Å². The second-order valence-corrected chi connectivity index (χ2v) is 5.04. The summed E-state index contributed by atoms with van der Waals surface area (Å²) in [5, 5.41) is 1.02. The fourth-order valence-corrected chi connectivity index (χ4v) is 2.43. The van der Waals surface area contributed by atoms with E-state index in [1.807, 2.05) is 31.2 Å². The van der Waals surface area contributed by atoms with Crippen LogP contribution in [0.25, 0.3) is 10.9 Å². The summed E-state index contributed by atoms with van der Waals surface area (Å²) in [7, 11) is 0. The first-order chi connectivity index (χ1) is 10.6. The summed E-state index contributed by atoms with van der Waals surface area (Å²) >= 11 is 0. The Kier molecular flexibility index (Phi) is 3.65. The number of hydrogen-bond acceptors (Lipinski definition) is 2. The van der Waals surface area contributed by atoms with Gasteiger partial charge in [0, 0.05) is 22.8 Å². The summed E-state index contributed by atoms with van der Waals surface area (Å²) in [6.07, 6.45) is 1.84. The van der Waals surface area contributed by atoms with E-state index in [9.17, 15) is 9.59 Å². The number of aromatic amines is 2. The second kappa shape index (κ2) is 5.77. The molecular weight excluding hydrogens is 280 g/mol. The zero-order chi connectivity index (χ0) is 15.5. The number of nitrogens with one attached hydrogen (secondary N) is 4. The molecule has 0 fully saturated rings. The molecule has 3 rings (SSSR count). The molecule has 2 heterocycles. The van der Waals surface area contributed by atoms with Crippen LogP contribution in [0, 0.1) is 6.92 Å². The van der Waals surface area contributed by atoms with Crippen LogP contribution in [-0.4, -0.2) is 21.8 Å². The van der Waals surface area contributed by atoms with E-state index in [1.165, 1.54) is 0 Å². The average Bonchev–Trinajstić information content (AvgIpc) is 3.14. The van der Waals surface area contributed by atoms with Crippen molar-refractivity contribution in [3.63, 3.8) is 0 Å². The fraction of sp³-hybridized carbons (Fsp3) is 0.125. The number of hydrazine groups is 1. The summed E-state index contributed by atoms with van der Waals surface area (Å²) in [4.78, 5) is 29.8. The van der Waals surface area contributed by atoms with Crippen LogP contribution in [0.2, 0.25) is 0 Å². The monoisotopic (exact) mass is 296 g/mol. The molecule has 0 unspecified atom stereocenters. The Bertz CT molecular complexity index is 818. The number of hydrogen-bond donors (Lipinski definition) is 4. The van der Waals surface area contributed by atoms with Crippen LogP contribution >= 0.6 is 0 Å². The molecule has 0 atom stereocenters. The first-order valence-electron chi connectivity index (χ1n) is 6.94. The molecule has 1 aromatic carbocycles. The van der Waals surface area contributed by atoms with E-state index in [4.69, 9.17) is 0 Å². The van der Waals surface area contributed by atoms with Crippen LogP contribution in [0.4, 0.5) is 0 Å². The minimum absolute atomic E-state index is 0.195. The predicted molar refractivity (Wildman–Crippen MR) is 83.1 cm³/mol. The fourth-order valence-electron chi connectivity index (χ4n) is 2.43. The molecule has 2 aromatic heterocycles. The molecule has 112 valence electrons. The lowest BCUT2D eigenvalue weighted by molar-refractivity contribution is -0.121. The standard InChI is InChI=1S/C16H16N4O2/c1-10-12(11-5-2-3-6-13(11)18-10)9-15(21)19-20-16(22)14-7-4-8-17-14/h2-8,17-18H,9H2,1H3,(H,19,21)(H,20,22). The molecule has 0 aliphatic carbocycles. The van der Waals surface area contributed by atoms with E-state index in [2.05, 4.69) is 20.8 Å². The SMILES string of the molecule is Cc1[nH]c2ccccc2c1CC(=O)NNC(=O)c1ccc[nH]1. The molecule has 2 amide bonds. The summed E-state index contributed by atoms with van der Waals surface area (Å²) in [6, 6.07) is 11.2. The number of para-hydroxylation sites is 1. The van der Waals surface area contributed by atoms with Crippen molar-refractivity contribution in [1.82, 2.24) is 20.8 Å². The maximum Gasteiger partial charge on any atom is 0.286 e. The van der Waals surface area contributed by atoms with Gasteiger partial charge in [0.25, 0.3) is 5.91 Å². The summed E-state index contributed by atoms with van der Waals surface area (Å²) in [6.45, 7) is 1.93. The van der Waals surface area contributed by atoms with Crippen LogP contribution < -0.4 is 10.9 Å². The molecule has 0 bridgehead atoms. The summed E-state index contributed by atoms with van der Waals surface area (Å²) in [5.74, 6) is -0.651. The van der Waals surface area contributed by atoms with Crippen LogP contribution in [0.5, 0.6) is 0 Å². The highest BCUT2D eigenvalue weighted by atomic mass is 16.2. The van der Waals surface area contributed by atoms with Gasteiger partial charge in [-0.25, -0.2) is 0 Å². The Morgan fingerprint density at radius 2 is 1.91 bits per heavy atom. The molecule has 6 nitrogen and oxygen atoms in total. The molecule has 22 heavy (non-hydrogen) atoms. The van der Waals surface area contributed by atoms with Gasteiger partial charge in [0.15, 0.2) is 0 Å². The zero-order valence-electron chi connectivity index (χ0n) is 12.1. The lowest BCUT2D eigenvalue weighted by Crippen LogP contribution is -2.42. The molecule has 0 saturated carbocycles. The highest BCUT2D eigenvalue weighted by Crippen LogP contribution is 2.22. The van der Waals surface area contributed by atoms with Gasteiger partial charge in [0.05, 0.1) is 6.42 Å². The Hall–Kier alpha value is -3.02. The van der Waals surface area contributed by atoms with Crippen molar-refractivity contribution in [2.75, 3.05) is 0 Å². The number of carbonyl (C=O) groups excluding carboxylic acids is 2. The van der Waals surface area contributed by atoms with E-state index in [0.29, 0.717) is 5.69 Å². The van der Waals surface area contributed by atoms with Gasteiger partial charge in [0.2, 0.25) is 5.91 Å². The third-order valence-corrected chi connectivity index (χ3v) is 3.52. The smallest absolute Gasteiger partial charge is 0.286 e. The van der Waals surface area contributed by atoms with Crippen molar-refractivity contribution in [3.8, 4) is 0 Å². The van der Waals surface area contributed by atoms with Crippen LogP contribution in [0.1, 0.15) is 21.7 Å². The maximum absolute atomic E-state index is 12.0. The highest BCUT2D eigenvalue weighted by Gasteiger charge is 2.13. The number of H-pyrrole nitrogens is 2. The van der Waals surface area contributed by atoms with Crippen LogP contribution in [0.3, 0.4) is 0 Å². The number of aromatic nitrogens is 2. The molecule has 6 heteroatoms. The molecule has 0 saturated heterocycles. The van der Waals surface area contributed by atoms with Crippen LogP contribution in [-0.2, 0) is 11.2 Å². The van der Waals surface area contributed by atoms with Gasteiger partial charge in [-0.1, -0.05) is 18.2 Å². The van der Waals surface area contributed by atoms with E-state index in [1.54, 1.807) is 18.3 Å². The minimum Gasteiger partial charge on any atom is -0.358 e. The molecule has 0 aliphatic rings. The number of amides is 2. The first-order valence-corrected chi connectivity index (χ1v) is 6.94. The maximum atomic E-state index is 12.0. The van der Waals surface area contributed by atoms with Gasteiger partial charge in [-0.05, 0) is 30.7 Å². The number of rotatable bonds is 3. The molecule has 0 spiro atoms. The van der Waals surface area contributed by atoms with E-state index in [-0.39, 0.29) is 18.2 Å². The summed E-state index contributed by atoms with van der Waals surface area (Å²) < 4.78 is 0. The van der Waals surface area contributed by atoms with E-state index in [0.717, 1.165) is 22.2 Å². The Morgan fingerprint density at radius 3 is 2.68 bits per heavy atom. The van der Waals surface area contributed by atoms with Crippen molar-refractivity contribution in [1.29, 1.82) is 0 Å². The average molecular weight is 296 g/mol. The number of benzene rings is 1. The van der Waals surface area contributed by atoms with Gasteiger partial charge in [-0.2, -0.15) is 0 Å². The molecule has 0 aliphatic heterocycles. The van der Waals surface area contributed by atoms with Crippen molar-refractivity contribution >= 4 is 22.7 Å². The predicted octanol–water partition coefficient (Wildman–Crippen LogP) is 1.81. The Balaban J connectivity index is 1.66. The number of fused-ring (bicyclic) bond motifs is 1. The van der Waals surface area contributed by atoms with Crippen molar-refractivity contribution < 1.29 is 9.59 Å². The zero-order valence-corrected chi connectivity index (χ0v) is 12.1. The Labute approximate surface area is 126 Å². The molecule has 0 radical (unpaired) electrons. The first kappa shape index (κ1) is 13.9. The van der Waals surface area contributed by atoms with Gasteiger partial charge in [0.1, 0.15) is 5.69 Å². The third kappa shape index (κ3) is 2.71. The summed E-state index contributed by atoms with van der Waals surface area (Å²) in [5.41, 5.74) is 8.09. The lowest BCUT2D eigenvalue weighted by Gasteiger charge is -2.06. The molecular formula is C16H16N4O2. The molecule has 4 N–H and O–H groups in total. The topological polar surface area (TPSA) is 89.8 Å².